The fourth-order valence-electron chi connectivity index (χ4n) is 4.84. The van der Waals surface area contributed by atoms with Gasteiger partial charge in [-0.1, -0.05) is 6.92 Å². The molecule has 0 spiro atoms. The Morgan fingerprint density at radius 3 is 2.78 bits per heavy atom. The minimum absolute atomic E-state index is 0.255. The lowest BCUT2D eigenvalue weighted by atomic mass is 9.97. The van der Waals surface area contributed by atoms with Gasteiger partial charge in [-0.25, -0.2) is 13.9 Å². The Balaban J connectivity index is 1.48. The number of fused-ring (bicyclic) bond motifs is 2. The summed E-state index contributed by atoms with van der Waals surface area (Å²) in [4.78, 5) is 13.5. The summed E-state index contributed by atoms with van der Waals surface area (Å²) in [5, 5.41) is 4.62. The Morgan fingerprint density at radius 1 is 1.22 bits per heavy atom. The van der Waals surface area contributed by atoms with Gasteiger partial charge in [0, 0.05) is 31.2 Å². The lowest BCUT2D eigenvalue weighted by molar-refractivity contribution is 0.152. The van der Waals surface area contributed by atoms with Crippen LogP contribution in [0, 0.1) is 19.7 Å². The molecule has 1 saturated heterocycles. The summed E-state index contributed by atoms with van der Waals surface area (Å²) in [6, 6.07) is 6.51. The van der Waals surface area contributed by atoms with Crippen LogP contribution in [-0.2, 0) is 0 Å². The Morgan fingerprint density at radius 2 is 2.03 bits per heavy atom. The van der Waals surface area contributed by atoms with Crippen LogP contribution >= 0.6 is 0 Å². The molecule has 0 saturated carbocycles. The molecule has 1 aliphatic heterocycles. The number of aryl methyl sites for hydroxylation is 2. The van der Waals surface area contributed by atoms with E-state index in [4.69, 9.17) is 4.42 Å². The number of oxazole rings is 1. The second-order valence-corrected chi connectivity index (χ2v) is 8.93. The molecule has 8 heteroatoms. The summed E-state index contributed by atoms with van der Waals surface area (Å²) < 4.78 is 22.8. The lowest BCUT2D eigenvalue weighted by Crippen LogP contribution is -2.48. The molecular formula is C24H29FN6O. The van der Waals surface area contributed by atoms with Crippen molar-refractivity contribution in [2.24, 2.45) is 0 Å². The molecule has 0 aliphatic carbocycles. The summed E-state index contributed by atoms with van der Waals surface area (Å²) in [7, 11) is 1.99. The topological polar surface area (TPSA) is 62.7 Å². The van der Waals surface area contributed by atoms with Crippen molar-refractivity contribution < 1.29 is 8.81 Å². The van der Waals surface area contributed by atoms with E-state index in [1.807, 2.05) is 39.2 Å². The zero-order valence-electron chi connectivity index (χ0n) is 19.3. The van der Waals surface area contributed by atoms with Crippen LogP contribution in [0.25, 0.3) is 28.0 Å². The number of halogens is 1. The Kier molecular flexibility index (Phi) is 5.12. The highest BCUT2D eigenvalue weighted by Crippen LogP contribution is 2.32. The maximum atomic E-state index is 15.0. The number of aromatic nitrogens is 4. The number of benzene rings is 1. The minimum atomic E-state index is -0.406. The molecular weight excluding hydrogens is 407 g/mol. The van der Waals surface area contributed by atoms with Crippen molar-refractivity contribution >= 4 is 22.8 Å². The van der Waals surface area contributed by atoms with E-state index in [0.29, 0.717) is 34.9 Å². The fourth-order valence-corrected chi connectivity index (χ4v) is 4.84. The van der Waals surface area contributed by atoms with Gasteiger partial charge in [0.15, 0.2) is 17.0 Å². The molecule has 3 aromatic heterocycles. The Hall–Kier alpha value is -3.00. The first-order chi connectivity index (χ1) is 15.3. The second kappa shape index (κ2) is 7.85. The molecule has 7 nitrogen and oxygen atoms in total. The molecule has 1 unspecified atom stereocenters. The number of nitrogens with zero attached hydrogens (tertiary/aromatic N) is 6. The van der Waals surface area contributed by atoms with Gasteiger partial charge in [0.25, 0.3) is 6.01 Å². The highest BCUT2D eigenvalue weighted by molar-refractivity contribution is 5.81. The predicted octanol–water partition coefficient (Wildman–Crippen LogP) is 4.60. The highest BCUT2D eigenvalue weighted by Gasteiger charge is 2.29. The van der Waals surface area contributed by atoms with Crippen LogP contribution in [0.15, 0.2) is 28.8 Å². The van der Waals surface area contributed by atoms with E-state index in [1.54, 1.807) is 4.52 Å². The van der Waals surface area contributed by atoms with Gasteiger partial charge in [0.2, 0.25) is 0 Å². The van der Waals surface area contributed by atoms with Crippen molar-refractivity contribution in [3.63, 3.8) is 0 Å². The molecule has 1 aliphatic rings. The zero-order chi connectivity index (χ0) is 22.6. The van der Waals surface area contributed by atoms with Crippen LogP contribution in [0.5, 0.6) is 0 Å². The summed E-state index contributed by atoms with van der Waals surface area (Å²) in [5.41, 5.74) is 4.69. The summed E-state index contributed by atoms with van der Waals surface area (Å²) in [5.74, 6) is -0.406. The number of anilines is 1. The van der Waals surface area contributed by atoms with E-state index in [0.717, 1.165) is 42.8 Å². The summed E-state index contributed by atoms with van der Waals surface area (Å²) in [6.07, 6.45) is 3.94. The van der Waals surface area contributed by atoms with Crippen LogP contribution in [0.1, 0.15) is 37.9 Å². The second-order valence-electron chi connectivity index (χ2n) is 8.93. The van der Waals surface area contributed by atoms with Gasteiger partial charge in [-0.2, -0.15) is 10.1 Å². The van der Waals surface area contributed by atoms with Crippen LogP contribution in [-0.4, -0.2) is 56.7 Å². The van der Waals surface area contributed by atoms with Gasteiger partial charge in [-0.05, 0) is 63.9 Å². The molecule has 0 bridgehead atoms. The molecule has 4 heterocycles. The molecule has 32 heavy (non-hydrogen) atoms. The largest absolute Gasteiger partial charge is 0.423 e. The first kappa shape index (κ1) is 20.9. The number of hydrogen-bond acceptors (Lipinski definition) is 6. The van der Waals surface area contributed by atoms with Crippen molar-refractivity contribution in [3.05, 3.63) is 41.5 Å². The first-order valence-corrected chi connectivity index (χ1v) is 11.2. The van der Waals surface area contributed by atoms with E-state index < -0.39 is 5.82 Å². The van der Waals surface area contributed by atoms with E-state index >= 15 is 4.39 Å². The smallest absolute Gasteiger partial charge is 0.298 e. The van der Waals surface area contributed by atoms with Crippen molar-refractivity contribution in [1.82, 2.24) is 24.5 Å². The van der Waals surface area contributed by atoms with Crippen molar-refractivity contribution in [2.45, 2.75) is 52.6 Å². The number of likely N-dealkylation sites (tertiary alicyclic amines) is 1. The summed E-state index contributed by atoms with van der Waals surface area (Å²) in [6.45, 7) is 10.5. The normalized spacial score (nSPS) is 19.8. The standard InChI is InChI=1S/C24H29FN6O/c1-6-30-8-7-18(10-16(30)4)29(5)24-27-22-19(25)11-17(12-21(22)32-24)20-9-14(2)23-26-15(3)13-31(23)28-20/h9,11-13,16,18H,6-8,10H2,1-5H3/t16-,18?/m0/s1. The van der Waals surface area contributed by atoms with Gasteiger partial charge in [0.05, 0.1) is 17.6 Å². The fraction of sp³-hybridized carbons (Fsp3) is 0.458. The molecule has 2 atom stereocenters. The summed E-state index contributed by atoms with van der Waals surface area (Å²) >= 11 is 0. The van der Waals surface area contributed by atoms with Gasteiger partial charge in [-0.3, -0.25) is 0 Å². The molecule has 0 N–H and O–H groups in total. The molecule has 1 fully saturated rings. The van der Waals surface area contributed by atoms with Crippen LogP contribution in [0.3, 0.4) is 0 Å². The molecule has 0 amide bonds. The number of piperidine rings is 1. The van der Waals surface area contributed by atoms with Crippen molar-refractivity contribution in [1.29, 1.82) is 0 Å². The van der Waals surface area contributed by atoms with Gasteiger partial charge < -0.3 is 14.2 Å². The first-order valence-electron chi connectivity index (χ1n) is 11.2. The highest BCUT2D eigenvalue weighted by atomic mass is 19.1. The molecule has 168 valence electrons. The van der Waals surface area contributed by atoms with E-state index in [2.05, 4.69) is 38.7 Å². The van der Waals surface area contributed by atoms with Crippen LogP contribution in [0.4, 0.5) is 10.4 Å². The Bertz CT molecular complexity index is 1290. The molecule has 4 aromatic rings. The number of hydrogen-bond donors (Lipinski definition) is 0. The number of rotatable bonds is 4. The Labute approximate surface area is 186 Å². The monoisotopic (exact) mass is 436 g/mol. The molecule has 1 aromatic carbocycles. The quantitative estimate of drug-likeness (QED) is 0.466. The predicted molar refractivity (Wildman–Crippen MR) is 124 cm³/mol. The number of imidazole rings is 1. The lowest BCUT2D eigenvalue weighted by Gasteiger charge is -2.40. The SMILES string of the molecule is CCN1CCC(N(C)c2nc3c(F)cc(-c4cc(C)c5nc(C)cn5n4)cc3o2)C[C@@H]1C. The average molecular weight is 437 g/mol. The maximum absolute atomic E-state index is 15.0. The van der Waals surface area contributed by atoms with Crippen LogP contribution < -0.4 is 4.90 Å². The average Bonchev–Trinajstić information content (AvgIpc) is 3.36. The van der Waals surface area contributed by atoms with Crippen LogP contribution in [0.2, 0.25) is 0 Å². The van der Waals surface area contributed by atoms with Gasteiger partial charge in [0.1, 0.15) is 5.52 Å². The van der Waals surface area contributed by atoms with Crippen molar-refractivity contribution in [2.75, 3.05) is 25.0 Å². The third-order valence-corrected chi connectivity index (χ3v) is 6.70. The van der Waals surface area contributed by atoms with Crippen molar-refractivity contribution in [3.8, 4) is 11.3 Å². The van der Waals surface area contributed by atoms with Gasteiger partial charge >= 0.3 is 0 Å². The minimum Gasteiger partial charge on any atom is -0.423 e. The van der Waals surface area contributed by atoms with E-state index in [9.17, 15) is 0 Å². The zero-order valence-corrected chi connectivity index (χ0v) is 19.3. The van der Waals surface area contributed by atoms with E-state index in [1.165, 1.54) is 6.07 Å². The molecule has 5 rings (SSSR count). The maximum Gasteiger partial charge on any atom is 0.298 e. The molecule has 0 radical (unpaired) electrons. The third-order valence-electron chi connectivity index (χ3n) is 6.70. The van der Waals surface area contributed by atoms with E-state index in [-0.39, 0.29) is 5.52 Å². The van der Waals surface area contributed by atoms with Gasteiger partial charge in [-0.15, -0.1) is 0 Å². The third kappa shape index (κ3) is 3.52.